The zero-order valence-electron chi connectivity index (χ0n) is 10.4. The first-order valence-corrected chi connectivity index (χ1v) is 9.36. The monoisotopic (exact) mass is 351 g/mol. The van der Waals surface area contributed by atoms with Crippen molar-refractivity contribution in [1.29, 1.82) is 0 Å². The van der Waals surface area contributed by atoms with Crippen LogP contribution in [-0.4, -0.2) is 25.0 Å². The summed E-state index contributed by atoms with van der Waals surface area (Å²) in [5.41, 5.74) is 0. The number of hydrogen-bond donors (Lipinski definition) is 0. The minimum atomic E-state index is -3.13. The lowest BCUT2D eigenvalue weighted by Crippen LogP contribution is -2.36. The molecule has 0 unspecified atom stereocenters. The molecule has 0 aromatic carbocycles. The van der Waals surface area contributed by atoms with Crippen molar-refractivity contribution in [2.24, 2.45) is 0 Å². The summed E-state index contributed by atoms with van der Waals surface area (Å²) in [6.45, 7) is 0.481. The van der Waals surface area contributed by atoms with Gasteiger partial charge in [0.25, 0.3) is 0 Å². The summed E-state index contributed by atoms with van der Waals surface area (Å²) < 4.78 is 27.4. The van der Waals surface area contributed by atoms with E-state index in [-0.39, 0.29) is 5.25 Å². The van der Waals surface area contributed by atoms with Gasteiger partial charge in [0.2, 0.25) is 10.0 Å². The van der Waals surface area contributed by atoms with Crippen LogP contribution in [0, 0.1) is 0 Å². The fourth-order valence-corrected chi connectivity index (χ4v) is 5.71. The van der Waals surface area contributed by atoms with Gasteiger partial charge in [-0.2, -0.15) is 4.31 Å². The molecule has 1 saturated carbocycles. The lowest BCUT2D eigenvalue weighted by molar-refractivity contribution is 0.424. The van der Waals surface area contributed by atoms with Crippen molar-refractivity contribution in [2.75, 3.05) is 7.05 Å². The number of nitrogens with zero attached hydrogens (tertiary/aromatic N) is 1. The predicted octanol–water partition coefficient (Wildman–Crippen LogP) is 3.60. The third kappa shape index (κ3) is 3.35. The molecule has 1 fully saturated rings. The van der Waals surface area contributed by atoms with Crippen LogP contribution in [0.1, 0.15) is 37.0 Å². The second kappa shape index (κ2) is 6.03. The van der Waals surface area contributed by atoms with Gasteiger partial charge in [-0.3, -0.25) is 0 Å². The van der Waals surface area contributed by atoms with Gasteiger partial charge in [0, 0.05) is 28.3 Å². The Balaban J connectivity index is 2.04. The number of hydrogen-bond acceptors (Lipinski definition) is 3. The summed E-state index contributed by atoms with van der Waals surface area (Å²) in [5, 5.41) is 1.82. The minimum absolute atomic E-state index is 0.167. The van der Waals surface area contributed by atoms with Crippen LogP contribution in [0.4, 0.5) is 0 Å². The van der Waals surface area contributed by atoms with Crippen molar-refractivity contribution in [1.82, 2.24) is 4.31 Å². The van der Waals surface area contributed by atoms with Crippen molar-refractivity contribution in [2.45, 2.75) is 43.9 Å². The van der Waals surface area contributed by atoms with E-state index >= 15 is 0 Å². The number of halogens is 1. The van der Waals surface area contributed by atoms with E-state index in [2.05, 4.69) is 15.9 Å². The molecule has 0 saturated heterocycles. The quantitative estimate of drug-likeness (QED) is 0.830. The first-order chi connectivity index (χ1) is 8.50. The highest BCUT2D eigenvalue weighted by Crippen LogP contribution is 2.27. The molecule has 102 valence electrons. The van der Waals surface area contributed by atoms with Crippen LogP contribution in [0.15, 0.2) is 15.9 Å². The van der Waals surface area contributed by atoms with Gasteiger partial charge in [0.15, 0.2) is 0 Å². The lowest BCUT2D eigenvalue weighted by atomic mass is 10.0. The van der Waals surface area contributed by atoms with E-state index in [4.69, 9.17) is 0 Å². The highest BCUT2D eigenvalue weighted by molar-refractivity contribution is 9.10. The minimum Gasteiger partial charge on any atom is -0.212 e. The standard InChI is InChI=1S/C12H18BrNO2S2/c1-14(8-11-7-10(13)9-17-11)18(15,16)12-5-3-2-4-6-12/h7,9,12H,2-6,8H2,1H3. The molecular formula is C12H18BrNO2S2. The highest BCUT2D eigenvalue weighted by Gasteiger charge is 2.30. The molecule has 0 bridgehead atoms. The van der Waals surface area contributed by atoms with Gasteiger partial charge >= 0.3 is 0 Å². The number of sulfonamides is 1. The molecule has 6 heteroatoms. The Bertz CT molecular complexity index is 492. The molecule has 0 aliphatic heterocycles. The molecular weight excluding hydrogens is 334 g/mol. The van der Waals surface area contributed by atoms with Gasteiger partial charge < -0.3 is 0 Å². The van der Waals surface area contributed by atoms with Gasteiger partial charge in [-0.1, -0.05) is 19.3 Å². The maximum absolute atomic E-state index is 12.4. The summed E-state index contributed by atoms with van der Waals surface area (Å²) in [6, 6.07) is 1.98. The van der Waals surface area contributed by atoms with E-state index in [9.17, 15) is 8.42 Å². The van der Waals surface area contributed by atoms with E-state index in [1.54, 1.807) is 18.4 Å². The van der Waals surface area contributed by atoms with Crippen LogP contribution in [0.3, 0.4) is 0 Å². The highest BCUT2D eigenvalue weighted by atomic mass is 79.9. The van der Waals surface area contributed by atoms with Gasteiger partial charge in [0.1, 0.15) is 0 Å². The average Bonchev–Trinajstić information content (AvgIpc) is 2.76. The van der Waals surface area contributed by atoms with E-state index < -0.39 is 10.0 Å². The lowest BCUT2D eigenvalue weighted by Gasteiger charge is -2.26. The maximum Gasteiger partial charge on any atom is 0.217 e. The van der Waals surface area contributed by atoms with Gasteiger partial charge in [0.05, 0.1) is 5.25 Å². The van der Waals surface area contributed by atoms with Crippen molar-refractivity contribution in [3.63, 3.8) is 0 Å². The first kappa shape index (κ1) is 14.5. The third-order valence-corrected chi connectivity index (χ3v) is 7.40. The summed E-state index contributed by atoms with van der Waals surface area (Å²) in [6.07, 6.45) is 4.90. The van der Waals surface area contributed by atoms with Gasteiger partial charge in [-0.15, -0.1) is 11.3 Å². The van der Waals surface area contributed by atoms with Crippen LogP contribution < -0.4 is 0 Å². The SMILES string of the molecule is CN(Cc1cc(Br)cs1)S(=O)(=O)C1CCCCC1. The Morgan fingerprint density at radius 2 is 2.06 bits per heavy atom. The zero-order valence-corrected chi connectivity index (χ0v) is 13.7. The Labute approximate surface area is 121 Å². The zero-order chi connectivity index (χ0) is 13.2. The maximum atomic E-state index is 12.4. The summed E-state index contributed by atoms with van der Waals surface area (Å²) in [5.74, 6) is 0. The molecule has 1 aromatic heterocycles. The van der Waals surface area contributed by atoms with Crippen LogP contribution >= 0.6 is 27.3 Å². The van der Waals surface area contributed by atoms with Crippen molar-refractivity contribution < 1.29 is 8.42 Å². The molecule has 18 heavy (non-hydrogen) atoms. The van der Waals surface area contributed by atoms with Gasteiger partial charge in [-0.25, -0.2) is 8.42 Å². The third-order valence-electron chi connectivity index (χ3n) is 3.41. The van der Waals surface area contributed by atoms with Crippen LogP contribution in [0.5, 0.6) is 0 Å². The van der Waals surface area contributed by atoms with Crippen molar-refractivity contribution in [3.8, 4) is 0 Å². The fraction of sp³-hybridized carbons (Fsp3) is 0.667. The smallest absolute Gasteiger partial charge is 0.212 e. The van der Waals surface area contributed by atoms with E-state index in [1.807, 2.05) is 11.4 Å². The number of rotatable bonds is 4. The number of thiophene rings is 1. The molecule has 1 heterocycles. The van der Waals surface area contributed by atoms with E-state index in [0.717, 1.165) is 35.0 Å². The topological polar surface area (TPSA) is 37.4 Å². The predicted molar refractivity (Wildman–Crippen MR) is 79.3 cm³/mol. The molecule has 1 aliphatic rings. The van der Waals surface area contributed by atoms with Crippen molar-refractivity contribution >= 4 is 37.3 Å². The van der Waals surface area contributed by atoms with Crippen LogP contribution in [0.2, 0.25) is 0 Å². The normalized spacial score (nSPS) is 18.4. The summed E-state index contributed by atoms with van der Waals surface area (Å²) >= 11 is 4.98. The molecule has 0 amide bonds. The molecule has 0 N–H and O–H groups in total. The van der Waals surface area contributed by atoms with Crippen molar-refractivity contribution in [3.05, 3.63) is 20.8 Å². The average molecular weight is 352 g/mol. The first-order valence-electron chi connectivity index (χ1n) is 6.18. The fourth-order valence-electron chi connectivity index (χ4n) is 2.36. The Morgan fingerprint density at radius 1 is 1.39 bits per heavy atom. The summed E-state index contributed by atoms with van der Waals surface area (Å²) in [4.78, 5) is 1.07. The molecule has 0 spiro atoms. The molecule has 1 aliphatic carbocycles. The van der Waals surface area contributed by atoms with Gasteiger partial charge in [-0.05, 0) is 34.8 Å². The molecule has 0 atom stereocenters. The molecule has 1 aromatic rings. The van der Waals surface area contributed by atoms with Crippen LogP contribution in [-0.2, 0) is 16.6 Å². The molecule has 2 rings (SSSR count). The Kier molecular flexibility index (Phi) is 4.86. The van der Waals surface area contributed by atoms with E-state index in [0.29, 0.717) is 6.54 Å². The van der Waals surface area contributed by atoms with Crippen LogP contribution in [0.25, 0.3) is 0 Å². The largest absolute Gasteiger partial charge is 0.217 e. The second-order valence-electron chi connectivity index (χ2n) is 4.79. The summed E-state index contributed by atoms with van der Waals surface area (Å²) in [7, 11) is -1.43. The Hall–Kier alpha value is 0.0900. The molecule has 3 nitrogen and oxygen atoms in total. The Morgan fingerprint density at radius 3 is 2.61 bits per heavy atom. The second-order valence-corrected chi connectivity index (χ2v) is 9.02. The van der Waals surface area contributed by atoms with E-state index in [1.165, 1.54) is 10.7 Å². The molecule has 0 radical (unpaired) electrons.